The summed E-state index contributed by atoms with van der Waals surface area (Å²) in [5.41, 5.74) is 25.8. The predicted molar refractivity (Wildman–Crippen MR) is 561 cm³/mol. The molecular weight excluding hydrogens is 1680 g/mol. The van der Waals surface area contributed by atoms with Crippen LogP contribution in [0.25, 0.3) is 98.0 Å². The van der Waals surface area contributed by atoms with Crippen molar-refractivity contribution in [1.29, 1.82) is 0 Å². The van der Waals surface area contributed by atoms with Crippen molar-refractivity contribution in [1.82, 2.24) is 0 Å². The van der Waals surface area contributed by atoms with E-state index in [1.165, 1.54) is 82.9 Å². The summed E-state index contributed by atoms with van der Waals surface area (Å²) in [6, 6.07) is 151. The van der Waals surface area contributed by atoms with Crippen molar-refractivity contribution in [2.75, 3.05) is 14.7 Å². The average Bonchev–Trinajstić information content (AvgIpc) is 1.57. The molecule has 0 heterocycles. The molecule has 137 heavy (non-hydrogen) atoms. The summed E-state index contributed by atoms with van der Waals surface area (Å²) >= 11 is 0. The Labute approximate surface area is 796 Å². The van der Waals surface area contributed by atoms with Gasteiger partial charge in [-0.1, -0.05) is 278 Å². The monoisotopic (exact) mass is 1770 g/mol. The molecule has 0 amide bonds. The third kappa shape index (κ3) is 14.1. The van der Waals surface area contributed by atoms with E-state index >= 15 is 0 Å². The van der Waals surface area contributed by atoms with Crippen LogP contribution in [0.1, 0.15) is 130 Å². The predicted octanol–water partition coefficient (Wildman–Crippen LogP) is 32.9. The fraction of sp³-hybridized carbons (Fsp3) is 0.0859. The number of hydrogen-bond acceptors (Lipinski definition) is 9. The largest absolute Gasteiger partial charge is 0.423 e. The van der Waals surface area contributed by atoms with E-state index < -0.39 is 23.3 Å². The lowest BCUT2D eigenvalue weighted by atomic mass is 9.71. The number of ether oxygens (including phenoxy) is 3. The number of anilines is 9. The molecule has 0 aliphatic heterocycles. The number of carbonyl (C=O) groups excluding carboxylic acids is 3. The number of hydrogen-bond donors (Lipinski definition) is 0. The standard InChI is InChI=1S/C128H93N3O6/c1-125(2)113-35-17-14-32-104(113)107-68-59-98(77-116(107)125)129(119-38-20-29-89-71-83-23-8-11-26-86(83)74-110(89)119)95-53-41-80(42-54-95)122(132)135-101-62-47-92(48-63-101)128(7,93-49-64-102(65-50-93)136-123(133)81-43-55-96(56-44-81)130(120-39-21-30-90-72-84-24-9-12-27-87(84)75-111(90)120)99-60-69-108-105-33-15-18-36-114(105)126(3,4)117(108)78-99)94-51-66-103(67-52-94)137-124(134)82-45-57-97(58-46-82)131(121-40-22-31-91-73-85-25-10-13-28-88(85)76-112(91)121)100-61-70-109-106-34-16-19-37-115(106)127(5,6)118(109)79-100/h8-79H,1-7H3. The second-order valence-electron chi connectivity index (χ2n) is 38.3. The SMILES string of the molecule is CC1(C)c2ccccc2-c2ccc(N(c3ccc(C(=O)Oc4ccc(C(C)(c5ccc(OC(=O)c6ccc(N(c7ccc8c(c7)C(C)(C)c7ccccc7-8)c7cccc8cc9ccccc9cc78)cc6)cc5)c5ccc(OC(=O)c6ccc(N(c7ccc8c(c7)C(C)(C)c7ccccc7-8)c7cccc8cc9ccccc9cc78)cc6)cc5)cc4)cc3)c3cccc4cc5ccccc5cc34)cc21. The van der Waals surface area contributed by atoms with Gasteiger partial charge in [0.25, 0.3) is 0 Å². The van der Waals surface area contributed by atoms with Crippen LogP contribution >= 0.6 is 0 Å². The van der Waals surface area contributed by atoms with Gasteiger partial charge in [-0.15, -0.1) is 0 Å². The molecule has 21 aromatic carbocycles. The zero-order valence-electron chi connectivity index (χ0n) is 76.9. The van der Waals surface area contributed by atoms with E-state index in [4.69, 9.17) is 14.2 Å². The van der Waals surface area contributed by atoms with Crippen LogP contribution in [0.5, 0.6) is 17.2 Å². The Kier molecular flexibility index (Phi) is 19.7. The van der Waals surface area contributed by atoms with Gasteiger partial charge in [-0.25, -0.2) is 14.4 Å². The number of carbonyl (C=O) groups is 3. The van der Waals surface area contributed by atoms with Gasteiger partial charge in [0, 0.05) is 71.9 Å². The van der Waals surface area contributed by atoms with Gasteiger partial charge in [-0.05, 0) is 339 Å². The van der Waals surface area contributed by atoms with Gasteiger partial charge in [0.15, 0.2) is 0 Å². The first-order chi connectivity index (χ1) is 66.7. The van der Waals surface area contributed by atoms with Crippen molar-refractivity contribution in [2.45, 2.75) is 70.1 Å². The van der Waals surface area contributed by atoms with E-state index in [2.05, 4.69) is 354 Å². The van der Waals surface area contributed by atoms with Gasteiger partial charge in [-0.3, -0.25) is 0 Å². The molecule has 21 aromatic rings. The van der Waals surface area contributed by atoms with Gasteiger partial charge < -0.3 is 28.9 Å². The van der Waals surface area contributed by atoms with Crippen LogP contribution < -0.4 is 28.9 Å². The average molecular weight is 1770 g/mol. The maximum Gasteiger partial charge on any atom is 0.343 e. The summed E-state index contributed by atoms with van der Waals surface area (Å²) in [6.07, 6.45) is 0. The van der Waals surface area contributed by atoms with Gasteiger partial charge >= 0.3 is 17.9 Å². The second kappa shape index (κ2) is 32.4. The molecule has 0 fully saturated rings. The molecule has 0 bridgehead atoms. The molecule has 656 valence electrons. The fourth-order valence-electron chi connectivity index (χ4n) is 22.0. The Morgan fingerprint density at radius 2 is 0.438 bits per heavy atom. The zero-order chi connectivity index (χ0) is 92.7. The van der Waals surface area contributed by atoms with Crippen molar-refractivity contribution in [3.63, 3.8) is 0 Å². The Hall–Kier alpha value is -17.0. The highest BCUT2D eigenvalue weighted by Crippen LogP contribution is 2.56. The van der Waals surface area contributed by atoms with Crippen molar-refractivity contribution < 1.29 is 28.6 Å². The molecular formula is C128H93N3O6. The van der Waals surface area contributed by atoms with Crippen LogP contribution in [0.3, 0.4) is 0 Å². The number of nitrogens with zero attached hydrogens (tertiary/aromatic N) is 3. The van der Waals surface area contributed by atoms with Crippen LogP contribution in [0.4, 0.5) is 51.2 Å². The first kappa shape index (κ1) is 83.1. The molecule has 0 spiro atoms. The lowest BCUT2D eigenvalue weighted by Crippen LogP contribution is -2.25. The lowest BCUT2D eigenvalue weighted by molar-refractivity contribution is 0.0725. The first-order valence-electron chi connectivity index (χ1n) is 46.9. The molecule has 0 aromatic heterocycles. The normalized spacial score (nSPS) is 13.3. The lowest BCUT2D eigenvalue weighted by Gasteiger charge is -2.32. The molecule has 0 saturated heterocycles. The van der Waals surface area contributed by atoms with E-state index in [9.17, 15) is 14.4 Å². The summed E-state index contributed by atoms with van der Waals surface area (Å²) < 4.78 is 18.9. The molecule has 9 nitrogen and oxygen atoms in total. The van der Waals surface area contributed by atoms with Crippen molar-refractivity contribution in [3.8, 4) is 50.6 Å². The molecule has 3 aliphatic rings. The van der Waals surface area contributed by atoms with E-state index in [1.807, 2.05) is 146 Å². The fourth-order valence-corrected chi connectivity index (χ4v) is 22.0. The van der Waals surface area contributed by atoms with Crippen LogP contribution in [0, 0.1) is 0 Å². The molecule has 24 rings (SSSR count). The van der Waals surface area contributed by atoms with Crippen molar-refractivity contribution >= 4 is 134 Å². The highest BCUT2D eigenvalue weighted by molar-refractivity contribution is 6.11. The van der Waals surface area contributed by atoms with E-state index in [-0.39, 0.29) is 16.2 Å². The number of esters is 3. The summed E-state index contributed by atoms with van der Waals surface area (Å²) in [5.74, 6) is -0.488. The number of fused-ring (bicyclic) bond motifs is 15. The molecule has 9 heteroatoms. The van der Waals surface area contributed by atoms with E-state index in [0.29, 0.717) is 33.9 Å². The molecule has 0 radical (unpaired) electrons. The number of benzene rings is 21. The molecule has 0 saturated carbocycles. The quantitative estimate of drug-likeness (QED) is 0.0361. The minimum absolute atomic E-state index is 0.240. The minimum atomic E-state index is -0.917. The highest BCUT2D eigenvalue weighted by atomic mass is 16.5. The molecule has 0 N–H and O–H groups in total. The Balaban J connectivity index is 0.535. The summed E-state index contributed by atoms with van der Waals surface area (Å²) in [4.78, 5) is 50.9. The maximum absolute atomic E-state index is 14.7. The van der Waals surface area contributed by atoms with Crippen molar-refractivity contribution in [2.24, 2.45) is 0 Å². The van der Waals surface area contributed by atoms with Crippen LogP contribution in [-0.4, -0.2) is 17.9 Å². The van der Waals surface area contributed by atoms with Gasteiger partial charge in [0.2, 0.25) is 0 Å². The Morgan fingerprint density at radius 3 is 0.708 bits per heavy atom. The van der Waals surface area contributed by atoms with E-state index in [1.54, 1.807) is 0 Å². The second-order valence-corrected chi connectivity index (χ2v) is 38.3. The maximum atomic E-state index is 14.7. The van der Waals surface area contributed by atoms with Crippen LogP contribution in [0.15, 0.2) is 437 Å². The van der Waals surface area contributed by atoms with Crippen molar-refractivity contribution in [3.05, 3.63) is 504 Å². The molecule has 3 aliphatic carbocycles. The zero-order valence-corrected chi connectivity index (χ0v) is 76.9. The summed E-state index contributed by atoms with van der Waals surface area (Å²) in [5, 5.41) is 13.6. The van der Waals surface area contributed by atoms with Gasteiger partial charge in [0.05, 0.1) is 33.8 Å². The first-order valence-corrected chi connectivity index (χ1v) is 46.9. The highest BCUT2D eigenvalue weighted by Gasteiger charge is 2.41. The molecule has 0 atom stereocenters. The third-order valence-electron chi connectivity index (χ3n) is 29.4. The summed E-state index contributed by atoms with van der Waals surface area (Å²) in [7, 11) is 0. The topological polar surface area (TPSA) is 88.6 Å². The molecule has 0 unspecified atom stereocenters. The summed E-state index contributed by atoms with van der Waals surface area (Å²) in [6.45, 7) is 16.0. The van der Waals surface area contributed by atoms with Crippen LogP contribution in [0.2, 0.25) is 0 Å². The Bertz CT molecular complexity index is 7740. The van der Waals surface area contributed by atoms with E-state index in [0.717, 1.165) is 116 Å². The minimum Gasteiger partial charge on any atom is -0.423 e. The van der Waals surface area contributed by atoms with Gasteiger partial charge in [0.1, 0.15) is 17.2 Å². The smallest absolute Gasteiger partial charge is 0.343 e. The Morgan fingerprint density at radius 1 is 0.212 bits per heavy atom. The van der Waals surface area contributed by atoms with Crippen LogP contribution in [-0.2, 0) is 21.7 Å². The van der Waals surface area contributed by atoms with Gasteiger partial charge in [-0.2, -0.15) is 0 Å². The number of rotatable bonds is 18. The third-order valence-corrected chi connectivity index (χ3v) is 29.4.